The van der Waals surface area contributed by atoms with Gasteiger partial charge < -0.3 is 19.7 Å². The Morgan fingerprint density at radius 1 is 1.21 bits per heavy atom. The predicted molar refractivity (Wildman–Crippen MR) is 91.7 cm³/mol. The maximum atomic E-state index is 12.1. The highest BCUT2D eigenvalue weighted by molar-refractivity contribution is 6.32. The minimum atomic E-state index is -0.235. The maximum Gasteiger partial charge on any atom is 0.241 e. The summed E-state index contributed by atoms with van der Waals surface area (Å²) >= 11 is 6.21. The molecular weight excluding hydrogens is 332 g/mol. The highest BCUT2D eigenvalue weighted by Gasteiger charge is 2.17. The van der Waals surface area contributed by atoms with Gasteiger partial charge in [0.05, 0.1) is 31.2 Å². The number of amides is 2. The van der Waals surface area contributed by atoms with Crippen LogP contribution in [-0.2, 0) is 16.0 Å². The molecule has 7 heteroatoms. The van der Waals surface area contributed by atoms with E-state index >= 15 is 0 Å². The Morgan fingerprint density at radius 3 is 2.62 bits per heavy atom. The lowest BCUT2D eigenvalue weighted by atomic mass is 10.1. The third-order valence-electron chi connectivity index (χ3n) is 3.78. The van der Waals surface area contributed by atoms with Crippen molar-refractivity contribution in [3.05, 3.63) is 22.7 Å². The summed E-state index contributed by atoms with van der Waals surface area (Å²) in [6.07, 6.45) is 0.913. The van der Waals surface area contributed by atoms with Crippen LogP contribution in [0, 0.1) is 0 Å². The molecule has 0 spiro atoms. The zero-order valence-corrected chi connectivity index (χ0v) is 14.8. The summed E-state index contributed by atoms with van der Waals surface area (Å²) in [5.74, 6) is 0.753. The fourth-order valence-electron chi connectivity index (χ4n) is 2.50. The first-order valence-corrected chi connectivity index (χ1v) is 8.55. The van der Waals surface area contributed by atoms with Crippen molar-refractivity contribution >= 4 is 23.4 Å². The molecule has 0 aromatic heterocycles. The normalized spacial score (nSPS) is 13.1. The Hall–Kier alpha value is -1.95. The number of ether oxygens (including phenoxy) is 2. The van der Waals surface area contributed by atoms with Gasteiger partial charge in [-0.3, -0.25) is 9.59 Å². The number of carbonyl (C=O) groups is 2. The van der Waals surface area contributed by atoms with Crippen molar-refractivity contribution in [2.45, 2.75) is 26.7 Å². The van der Waals surface area contributed by atoms with Crippen LogP contribution < -0.4 is 14.8 Å². The minimum Gasteiger partial charge on any atom is -0.489 e. The summed E-state index contributed by atoms with van der Waals surface area (Å²) in [5, 5.41) is 3.07. The van der Waals surface area contributed by atoms with Crippen molar-refractivity contribution in [1.82, 2.24) is 10.2 Å². The van der Waals surface area contributed by atoms with Gasteiger partial charge in [0.2, 0.25) is 11.8 Å². The number of nitrogens with zero attached hydrogens (tertiary/aromatic N) is 1. The van der Waals surface area contributed by atoms with Crippen molar-refractivity contribution in [1.29, 1.82) is 0 Å². The second kappa shape index (κ2) is 8.78. The molecule has 24 heavy (non-hydrogen) atoms. The molecule has 0 saturated heterocycles. The molecule has 1 heterocycles. The largest absolute Gasteiger partial charge is 0.489 e. The summed E-state index contributed by atoms with van der Waals surface area (Å²) in [7, 11) is 0. The van der Waals surface area contributed by atoms with Gasteiger partial charge in [-0.1, -0.05) is 11.6 Å². The minimum absolute atomic E-state index is 0.00119. The SMILES string of the molecule is CCN(CC)C(=O)CNC(=O)Cc1cc(Cl)c2c(c1)OCCCO2. The topological polar surface area (TPSA) is 67.9 Å². The second-order valence-corrected chi connectivity index (χ2v) is 5.88. The van der Waals surface area contributed by atoms with Gasteiger partial charge in [0.15, 0.2) is 11.5 Å². The van der Waals surface area contributed by atoms with Gasteiger partial charge in [-0.2, -0.15) is 0 Å². The molecule has 1 aliphatic heterocycles. The summed E-state index contributed by atoms with van der Waals surface area (Å²) in [5.41, 5.74) is 0.719. The number of fused-ring (bicyclic) bond motifs is 1. The van der Waals surface area contributed by atoms with Crippen molar-refractivity contribution in [2.75, 3.05) is 32.8 Å². The smallest absolute Gasteiger partial charge is 0.241 e. The highest BCUT2D eigenvalue weighted by atomic mass is 35.5. The average Bonchev–Trinajstić information content (AvgIpc) is 2.80. The standard InChI is InChI=1S/C17H23ClN2O4/c1-3-20(4-2)16(22)11-19-15(21)10-12-8-13(18)17-14(9-12)23-6-5-7-24-17/h8-9H,3-7,10-11H2,1-2H3,(H,19,21). The quantitative estimate of drug-likeness (QED) is 0.848. The van der Waals surface area contributed by atoms with Gasteiger partial charge in [0.1, 0.15) is 0 Å². The molecule has 0 aliphatic carbocycles. The van der Waals surface area contributed by atoms with Gasteiger partial charge in [-0.05, 0) is 31.5 Å². The molecule has 0 bridgehead atoms. The van der Waals surface area contributed by atoms with E-state index in [0.717, 1.165) is 12.0 Å². The molecule has 1 aliphatic rings. The van der Waals surface area contributed by atoms with E-state index in [1.54, 1.807) is 17.0 Å². The van der Waals surface area contributed by atoms with Crippen LogP contribution in [0.2, 0.25) is 5.02 Å². The average molecular weight is 355 g/mol. The Bertz CT molecular complexity index is 602. The lowest BCUT2D eigenvalue weighted by molar-refractivity contribution is -0.132. The number of hydrogen-bond donors (Lipinski definition) is 1. The maximum absolute atomic E-state index is 12.1. The lowest BCUT2D eigenvalue weighted by Gasteiger charge is -2.18. The lowest BCUT2D eigenvalue weighted by Crippen LogP contribution is -2.40. The summed E-state index contributed by atoms with van der Waals surface area (Å²) in [6, 6.07) is 3.46. The van der Waals surface area contributed by atoms with Crippen molar-refractivity contribution in [2.24, 2.45) is 0 Å². The zero-order chi connectivity index (χ0) is 17.5. The van der Waals surface area contributed by atoms with Crippen LogP contribution >= 0.6 is 11.6 Å². The van der Waals surface area contributed by atoms with Crippen LogP contribution in [0.3, 0.4) is 0 Å². The number of benzene rings is 1. The number of rotatable bonds is 6. The van der Waals surface area contributed by atoms with E-state index < -0.39 is 0 Å². The Morgan fingerprint density at radius 2 is 1.92 bits per heavy atom. The number of nitrogens with one attached hydrogen (secondary N) is 1. The van der Waals surface area contributed by atoms with Gasteiger partial charge >= 0.3 is 0 Å². The molecule has 2 rings (SSSR count). The number of hydrogen-bond acceptors (Lipinski definition) is 4. The molecule has 132 valence electrons. The van der Waals surface area contributed by atoms with E-state index in [4.69, 9.17) is 21.1 Å². The first-order valence-electron chi connectivity index (χ1n) is 8.17. The number of halogens is 1. The van der Waals surface area contributed by atoms with E-state index in [9.17, 15) is 9.59 Å². The van der Waals surface area contributed by atoms with Crippen LogP contribution in [0.15, 0.2) is 12.1 Å². The Balaban J connectivity index is 1.96. The van der Waals surface area contributed by atoms with Gasteiger partial charge in [0.25, 0.3) is 0 Å². The molecule has 1 aromatic rings. The first-order chi connectivity index (χ1) is 11.5. The summed E-state index contributed by atoms with van der Waals surface area (Å²) in [6.45, 7) is 6.17. The predicted octanol–water partition coefficient (Wildman–Crippen LogP) is 2.03. The summed E-state index contributed by atoms with van der Waals surface area (Å²) in [4.78, 5) is 25.6. The third kappa shape index (κ3) is 4.77. The second-order valence-electron chi connectivity index (χ2n) is 5.47. The molecule has 0 fully saturated rings. The van der Waals surface area contributed by atoms with Crippen LogP contribution in [0.4, 0.5) is 0 Å². The van der Waals surface area contributed by atoms with E-state index in [2.05, 4.69) is 5.32 Å². The molecule has 0 unspecified atom stereocenters. The van der Waals surface area contributed by atoms with Gasteiger partial charge in [-0.15, -0.1) is 0 Å². The van der Waals surface area contributed by atoms with E-state index in [1.807, 2.05) is 13.8 Å². The Labute approximate surface area is 147 Å². The van der Waals surface area contributed by atoms with Crippen LogP contribution in [0.5, 0.6) is 11.5 Å². The monoisotopic (exact) mass is 354 g/mol. The van der Waals surface area contributed by atoms with Crippen LogP contribution in [0.1, 0.15) is 25.8 Å². The molecule has 6 nitrogen and oxygen atoms in total. The van der Waals surface area contributed by atoms with E-state index in [1.165, 1.54) is 0 Å². The third-order valence-corrected chi connectivity index (χ3v) is 4.06. The molecular formula is C17H23ClN2O4. The molecule has 0 radical (unpaired) electrons. The first kappa shape index (κ1) is 18.4. The van der Waals surface area contributed by atoms with Gasteiger partial charge in [-0.25, -0.2) is 0 Å². The van der Waals surface area contributed by atoms with Crippen molar-refractivity contribution < 1.29 is 19.1 Å². The highest BCUT2D eigenvalue weighted by Crippen LogP contribution is 2.38. The molecule has 0 atom stereocenters. The fourth-order valence-corrected chi connectivity index (χ4v) is 2.78. The van der Waals surface area contributed by atoms with Gasteiger partial charge in [0, 0.05) is 19.5 Å². The van der Waals surface area contributed by atoms with Crippen molar-refractivity contribution in [3.8, 4) is 11.5 Å². The van der Waals surface area contributed by atoms with Crippen LogP contribution in [0.25, 0.3) is 0 Å². The van der Waals surface area contributed by atoms with Crippen LogP contribution in [-0.4, -0.2) is 49.6 Å². The fraction of sp³-hybridized carbons (Fsp3) is 0.529. The molecule has 1 aromatic carbocycles. The number of likely N-dealkylation sites (N-methyl/N-ethyl adjacent to an activating group) is 1. The molecule has 0 saturated carbocycles. The summed E-state index contributed by atoms with van der Waals surface area (Å²) < 4.78 is 11.2. The molecule has 1 N–H and O–H groups in total. The molecule has 2 amide bonds. The van der Waals surface area contributed by atoms with E-state index in [-0.39, 0.29) is 24.8 Å². The zero-order valence-electron chi connectivity index (χ0n) is 14.1. The van der Waals surface area contributed by atoms with E-state index in [0.29, 0.717) is 42.8 Å². The number of carbonyl (C=O) groups excluding carboxylic acids is 2. The van der Waals surface area contributed by atoms with Crippen molar-refractivity contribution in [3.63, 3.8) is 0 Å². The Kier molecular flexibility index (Phi) is 6.73.